The molecule has 0 radical (unpaired) electrons. The summed E-state index contributed by atoms with van der Waals surface area (Å²) in [5.74, 6) is -0.487. The number of primary amides is 1. The van der Waals surface area contributed by atoms with E-state index in [-0.39, 0.29) is 11.4 Å². The van der Waals surface area contributed by atoms with Crippen molar-refractivity contribution in [3.63, 3.8) is 0 Å². The summed E-state index contributed by atoms with van der Waals surface area (Å²) in [6.07, 6.45) is 0. The summed E-state index contributed by atoms with van der Waals surface area (Å²) >= 11 is 0. The fourth-order valence-electron chi connectivity index (χ4n) is 1.24. The molecule has 1 aromatic carbocycles. The summed E-state index contributed by atoms with van der Waals surface area (Å²) in [6.45, 7) is 6.69. The third kappa shape index (κ3) is 4.86. The molecular weight excluding hydrogens is 230 g/mol. The highest BCUT2D eigenvalue weighted by atomic mass is 16.2. The first-order chi connectivity index (χ1) is 8.28. The van der Waals surface area contributed by atoms with Crippen LogP contribution in [0.3, 0.4) is 0 Å². The van der Waals surface area contributed by atoms with Gasteiger partial charge in [-0.15, -0.1) is 0 Å². The number of nitrogens with two attached hydrogens (primary N) is 1. The number of rotatable bonds is 3. The minimum atomic E-state index is -0.487. The molecule has 5 heteroatoms. The van der Waals surface area contributed by atoms with Crippen molar-refractivity contribution in [1.29, 1.82) is 0 Å². The van der Waals surface area contributed by atoms with Gasteiger partial charge in [0, 0.05) is 17.8 Å². The van der Waals surface area contributed by atoms with Crippen LogP contribution in [0.5, 0.6) is 0 Å². The third-order valence-corrected chi connectivity index (χ3v) is 2.21. The monoisotopic (exact) mass is 249 g/mol. The van der Waals surface area contributed by atoms with Gasteiger partial charge in [-0.05, 0) is 29.7 Å². The maximum Gasteiger partial charge on any atom is 0.319 e. The van der Waals surface area contributed by atoms with Crippen LogP contribution in [-0.2, 0) is 0 Å². The van der Waals surface area contributed by atoms with Crippen LogP contribution in [0.15, 0.2) is 24.3 Å². The summed E-state index contributed by atoms with van der Waals surface area (Å²) in [5.41, 5.74) is 6.19. The van der Waals surface area contributed by atoms with E-state index in [1.807, 2.05) is 20.8 Å². The van der Waals surface area contributed by atoms with Crippen LogP contribution < -0.4 is 16.4 Å². The van der Waals surface area contributed by atoms with Crippen molar-refractivity contribution >= 4 is 17.6 Å². The van der Waals surface area contributed by atoms with Gasteiger partial charge in [0.25, 0.3) is 0 Å². The second-order valence-electron chi connectivity index (χ2n) is 5.31. The van der Waals surface area contributed by atoms with Crippen molar-refractivity contribution < 1.29 is 9.59 Å². The number of anilines is 1. The minimum absolute atomic E-state index is 0.0349. The summed E-state index contributed by atoms with van der Waals surface area (Å²) in [4.78, 5) is 22.4. The summed E-state index contributed by atoms with van der Waals surface area (Å²) in [5, 5.41) is 5.45. The normalized spacial score (nSPS) is 10.8. The van der Waals surface area contributed by atoms with E-state index in [2.05, 4.69) is 10.6 Å². The van der Waals surface area contributed by atoms with E-state index >= 15 is 0 Å². The van der Waals surface area contributed by atoms with Crippen LogP contribution in [0.1, 0.15) is 31.1 Å². The Kier molecular flexibility index (Phi) is 4.31. The van der Waals surface area contributed by atoms with Gasteiger partial charge in [-0.1, -0.05) is 20.8 Å². The van der Waals surface area contributed by atoms with Crippen molar-refractivity contribution in [3.05, 3.63) is 29.8 Å². The molecule has 0 aromatic heterocycles. The average Bonchev–Trinajstić information content (AvgIpc) is 2.26. The predicted molar refractivity (Wildman–Crippen MR) is 71.4 cm³/mol. The molecule has 0 saturated heterocycles. The van der Waals surface area contributed by atoms with E-state index < -0.39 is 5.91 Å². The molecule has 0 heterocycles. The topological polar surface area (TPSA) is 84.2 Å². The molecule has 0 aliphatic carbocycles. The smallest absolute Gasteiger partial charge is 0.319 e. The van der Waals surface area contributed by atoms with E-state index in [4.69, 9.17) is 5.73 Å². The zero-order valence-corrected chi connectivity index (χ0v) is 10.9. The second kappa shape index (κ2) is 5.53. The van der Waals surface area contributed by atoms with E-state index in [1.54, 1.807) is 24.3 Å². The molecule has 5 nitrogen and oxygen atoms in total. The first-order valence-electron chi connectivity index (χ1n) is 5.73. The van der Waals surface area contributed by atoms with Crippen molar-refractivity contribution in [3.8, 4) is 0 Å². The molecule has 0 unspecified atom stereocenters. The average molecular weight is 249 g/mol. The molecule has 0 spiro atoms. The minimum Gasteiger partial charge on any atom is -0.366 e. The molecule has 1 aromatic rings. The third-order valence-electron chi connectivity index (χ3n) is 2.21. The number of benzene rings is 1. The Labute approximate surface area is 107 Å². The standard InChI is InChI=1S/C13H19N3O2/c1-13(2,3)8-15-12(18)16-10-6-4-9(5-7-10)11(14)17/h4-7H,8H2,1-3H3,(H2,14,17)(H2,15,16,18). The van der Waals surface area contributed by atoms with Gasteiger partial charge in [-0.3, -0.25) is 4.79 Å². The molecule has 18 heavy (non-hydrogen) atoms. The van der Waals surface area contributed by atoms with Gasteiger partial charge in [0.1, 0.15) is 0 Å². The number of nitrogens with one attached hydrogen (secondary N) is 2. The van der Waals surface area contributed by atoms with Gasteiger partial charge in [0.05, 0.1) is 0 Å². The van der Waals surface area contributed by atoms with Crippen molar-refractivity contribution in [1.82, 2.24) is 5.32 Å². The lowest BCUT2D eigenvalue weighted by Gasteiger charge is -2.18. The van der Waals surface area contributed by atoms with Crippen LogP contribution >= 0.6 is 0 Å². The van der Waals surface area contributed by atoms with E-state index in [9.17, 15) is 9.59 Å². The predicted octanol–water partition coefficient (Wildman–Crippen LogP) is 1.95. The summed E-state index contributed by atoms with van der Waals surface area (Å²) in [6, 6.07) is 6.15. The number of amides is 3. The van der Waals surface area contributed by atoms with Crippen LogP contribution in [0.25, 0.3) is 0 Å². The fourth-order valence-corrected chi connectivity index (χ4v) is 1.24. The van der Waals surface area contributed by atoms with Gasteiger partial charge < -0.3 is 16.4 Å². The van der Waals surface area contributed by atoms with Gasteiger partial charge in [0.15, 0.2) is 0 Å². The number of hydrogen-bond acceptors (Lipinski definition) is 2. The molecular formula is C13H19N3O2. The number of urea groups is 1. The zero-order valence-electron chi connectivity index (χ0n) is 10.9. The molecule has 4 N–H and O–H groups in total. The highest BCUT2D eigenvalue weighted by Gasteiger charge is 2.11. The Bertz CT molecular complexity index is 433. The molecule has 0 atom stereocenters. The summed E-state index contributed by atoms with van der Waals surface area (Å²) in [7, 11) is 0. The lowest BCUT2D eigenvalue weighted by Crippen LogP contribution is -2.35. The maximum atomic E-state index is 11.6. The molecule has 0 bridgehead atoms. The van der Waals surface area contributed by atoms with Crippen molar-refractivity contribution in [2.24, 2.45) is 11.1 Å². The van der Waals surface area contributed by atoms with Crippen molar-refractivity contribution in [2.45, 2.75) is 20.8 Å². The molecule has 0 fully saturated rings. The molecule has 0 aliphatic rings. The lowest BCUT2D eigenvalue weighted by molar-refractivity contribution is 0.100. The highest BCUT2D eigenvalue weighted by Crippen LogP contribution is 2.11. The van der Waals surface area contributed by atoms with Gasteiger partial charge in [-0.25, -0.2) is 4.79 Å². The quantitative estimate of drug-likeness (QED) is 0.765. The largest absolute Gasteiger partial charge is 0.366 e. The molecule has 0 aliphatic heterocycles. The number of carbonyl (C=O) groups excluding carboxylic acids is 2. The Balaban J connectivity index is 2.52. The van der Waals surface area contributed by atoms with Gasteiger partial charge in [-0.2, -0.15) is 0 Å². The van der Waals surface area contributed by atoms with Gasteiger partial charge >= 0.3 is 6.03 Å². The van der Waals surface area contributed by atoms with E-state index in [0.717, 1.165) is 0 Å². The Morgan fingerprint density at radius 3 is 2.17 bits per heavy atom. The fraction of sp³-hybridized carbons (Fsp3) is 0.385. The molecule has 3 amide bonds. The second-order valence-corrected chi connectivity index (χ2v) is 5.31. The molecule has 1 rings (SSSR count). The summed E-state index contributed by atoms with van der Waals surface area (Å²) < 4.78 is 0. The lowest BCUT2D eigenvalue weighted by atomic mass is 9.97. The van der Waals surface area contributed by atoms with E-state index in [0.29, 0.717) is 17.8 Å². The first-order valence-corrected chi connectivity index (χ1v) is 5.73. The van der Waals surface area contributed by atoms with Gasteiger partial charge in [0.2, 0.25) is 5.91 Å². The Hall–Kier alpha value is -2.04. The zero-order chi connectivity index (χ0) is 13.8. The van der Waals surface area contributed by atoms with Crippen LogP contribution in [0, 0.1) is 5.41 Å². The van der Waals surface area contributed by atoms with Crippen LogP contribution in [0.4, 0.5) is 10.5 Å². The number of hydrogen-bond donors (Lipinski definition) is 3. The van der Waals surface area contributed by atoms with E-state index in [1.165, 1.54) is 0 Å². The SMILES string of the molecule is CC(C)(C)CNC(=O)Nc1ccc(C(N)=O)cc1. The first kappa shape index (κ1) is 14.0. The van der Waals surface area contributed by atoms with Crippen LogP contribution in [-0.4, -0.2) is 18.5 Å². The Morgan fingerprint density at radius 2 is 1.72 bits per heavy atom. The molecule has 98 valence electrons. The maximum absolute atomic E-state index is 11.6. The molecule has 0 saturated carbocycles. The number of carbonyl (C=O) groups is 2. The Morgan fingerprint density at radius 1 is 1.17 bits per heavy atom. The van der Waals surface area contributed by atoms with Crippen LogP contribution in [0.2, 0.25) is 0 Å². The highest BCUT2D eigenvalue weighted by molar-refractivity contribution is 5.94. The van der Waals surface area contributed by atoms with Crippen molar-refractivity contribution in [2.75, 3.05) is 11.9 Å².